The molecule has 1 aliphatic carbocycles. The Morgan fingerprint density at radius 1 is 1.71 bits per heavy atom. The fraction of sp³-hybridized carbons (Fsp3) is 0.333. The maximum Gasteiger partial charge on any atom is 0.170 e. The summed E-state index contributed by atoms with van der Waals surface area (Å²) < 4.78 is 0. The van der Waals surface area contributed by atoms with Crippen molar-refractivity contribution in [1.82, 2.24) is 0 Å². The highest BCUT2D eigenvalue weighted by molar-refractivity contribution is 5.95. The van der Waals surface area contributed by atoms with Gasteiger partial charge in [-0.15, -0.1) is 0 Å². The Labute approximate surface area is 83.7 Å². The maximum absolute atomic E-state index is 11.3. The lowest BCUT2D eigenvalue weighted by molar-refractivity contribution is -0.118. The molecular formula is C12H12O2. The molecule has 0 aromatic carbocycles. The van der Waals surface area contributed by atoms with E-state index >= 15 is 0 Å². The van der Waals surface area contributed by atoms with Crippen LogP contribution in [0.1, 0.15) is 13.3 Å². The highest BCUT2D eigenvalue weighted by atomic mass is 16.1. The SMILES string of the molecule is C=C(C)C#CC1CC(C=O)C=CC1=O. The molecule has 0 fully saturated rings. The van der Waals surface area contributed by atoms with E-state index in [1.165, 1.54) is 6.08 Å². The smallest absolute Gasteiger partial charge is 0.170 e. The first-order valence-electron chi connectivity index (χ1n) is 4.48. The second kappa shape index (κ2) is 4.57. The lowest BCUT2D eigenvalue weighted by Crippen LogP contribution is -2.19. The van der Waals surface area contributed by atoms with Crippen molar-refractivity contribution in [2.75, 3.05) is 0 Å². The highest BCUT2D eigenvalue weighted by Gasteiger charge is 2.22. The van der Waals surface area contributed by atoms with Crippen LogP contribution >= 0.6 is 0 Å². The largest absolute Gasteiger partial charge is 0.303 e. The van der Waals surface area contributed by atoms with Gasteiger partial charge in [0.15, 0.2) is 5.78 Å². The molecule has 1 rings (SSSR count). The first-order valence-corrected chi connectivity index (χ1v) is 4.48. The molecular weight excluding hydrogens is 176 g/mol. The summed E-state index contributed by atoms with van der Waals surface area (Å²) in [5, 5.41) is 0. The van der Waals surface area contributed by atoms with E-state index in [0.717, 1.165) is 11.9 Å². The summed E-state index contributed by atoms with van der Waals surface area (Å²) in [6.45, 7) is 5.42. The Hall–Kier alpha value is -1.62. The van der Waals surface area contributed by atoms with Crippen molar-refractivity contribution in [3.05, 3.63) is 24.3 Å². The van der Waals surface area contributed by atoms with Crippen molar-refractivity contribution in [1.29, 1.82) is 0 Å². The summed E-state index contributed by atoms with van der Waals surface area (Å²) in [5.41, 5.74) is 0.731. The summed E-state index contributed by atoms with van der Waals surface area (Å²) in [6.07, 6.45) is 4.42. The highest BCUT2D eigenvalue weighted by Crippen LogP contribution is 2.18. The van der Waals surface area contributed by atoms with Gasteiger partial charge in [-0.2, -0.15) is 0 Å². The molecule has 2 atom stereocenters. The van der Waals surface area contributed by atoms with Gasteiger partial charge in [-0.3, -0.25) is 4.79 Å². The number of carbonyl (C=O) groups is 2. The molecule has 72 valence electrons. The monoisotopic (exact) mass is 188 g/mol. The van der Waals surface area contributed by atoms with Crippen LogP contribution in [0.2, 0.25) is 0 Å². The second-order valence-electron chi connectivity index (χ2n) is 3.40. The van der Waals surface area contributed by atoms with Gasteiger partial charge in [-0.1, -0.05) is 24.5 Å². The molecule has 0 bridgehead atoms. The third-order valence-corrected chi connectivity index (χ3v) is 1.99. The third kappa shape index (κ3) is 2.70. The van der Waals surface area contributed by atoms with E-state index in [9.17, 15) is 9.59 Å². The van der Waals surface area contributed by atoms with Crippen LogP contribution in [-0.2, 0) is 9.59 Å². The molecule has 2 unspecified atom stereocenters. The Morgan fingerprint density at radius 2 is 2.43 bits per heavy atom. The molecule has 1 aliphatic rings. The average Bonchev–Trinajstić information content (AvgIpc) is 2.16. The van der Waals surface area contributed by atoms with Crippen LogP contribution in [0.5, 0.6) is 0 Å². The van der Waals surface area contributed by atoms with Gasteiger partial charge in [0.1, 0.15) is 6.29 Å². The molecule has 0 N–H and O–H groups in total. The van der Waals surface area contributed by atoms with Crippen molar-refractivity contribution in [2.45, 2.75) is 13.3 Å². The molecule has 0 aliphatic heterocycles. The van der Waals surface area contributed by atoms with Gasteiger partial charge in [0.25, 0.3) is 0 Å². The topological polar surface area (TPSA) is 34.1 Å². The fourth-order valence-electron chi connectivity index (χ4n) is 1.24. The zero-order valence-electron chi connectivity index (χ0n) is 8.12. The quantitative estimate of drug-likeness (QED) is 0.462. The van der Waals surface area contributed by atoms with Crippen LogP contribution in [0.3, 0.4) is 0 Å². The summed E-state index contributed by atoms with van der Waals surface area (Å²) in [6, 6.07) is 0. The molecule has 0 saturated carbocycles. The van der Waals surface area contributed by atoms with E-state index in [-0.39, 0.29) is 17.6 Å². The molecule has 0 heterocycles. The third-order valence-electron chi connectivity index (χ3n) is 1.99. The van der Waals surface area contributed by atoms with Gasteiger partial charge in [-0.05, 0) is 25.0 Å². The van der Waals surface area contributed by atoms with E-state index in [1.54, 1.807) is 13.0 Å². The van der Waals surface area contributed by atoms with Gasteiger partial charge < -0.3 is 4.79 Å². The average molecular weight is 188 g/mol. The predicted molar refractivity (Wildman–Crippen MR) is 54.4 cm³/mol. The Bertz CT molecular complexity index is 352. The van der Waals surface area contributed by atoms with E-state index in [1.807, 2.05) is 0 Å². The molecule has 0 spiro atoms. The number of ketones is 1. The van der Waals surface area contributed by atoms with Crippen LogP contribution in [0.4, 0.5) is 0 Å². The van der Waals surface area contributed by atoms with Crippen molar-refractivity contribution in [3.8, 4) is 11.8 Å². The molecule has 0 saturated heterocycles. The number of aldehydes is 1. The van der Waals surface area contributed by atoms with Crippen LogP contribution in [0, 0.1) is 23.7 Å². The fourth-order valence-corrected chi connectivity index (χ4v) is 1.24. The zero-order chi connectivity index (χ0) is 10.6. The van der Waals surface area contributed by atoms with Crippen molar-refractivity contribution in [2.24, 2.45) is 11.8 Å². The number of rotatable bonds is 1. The summed E-state index contributed by atoms with van der Waals surface area (Å²) in [5.74, 6) is 5.07. The minimum absolute atomic E-state index is 0.0168. The first-order chi connectivity index (χ1) is 6.63. The molecule has 14 heavy (non-hydrogen) atoms. The van der Waals surface area contributed by atoms with Crippen LogP contribution < -0.4 is 0 Å². The number of hydrogen-bond acceptors (Lipinski definition) is 2. The number of allylic oxidation sites excluding steroid dienone is 3. The molecule has 2 nitrogen and oxygen atoms in total. The summed E-state index contributed by atoms with van der Waals surface area (Å²) in [4.78, 5) is 21.9. The van der Waals surface area contributed by atoms with Crippen LogP contribution in [0.25, 0.3) is 0 Å². The number of carbonyl (C=O) groups excluding carboxylic acids is 2. The van der Waals surface area contributed by atoms with Crippen LogP contribution in [0.15, 0.2) is 24.3 Å². The normalized spacial score (nSPS) is 25.1. The summed E-state index contributed by atoms with van der Waals surface area (Å²) >= 11 is 0. The van der Waals surface area contributed by atoms with Gasteiger partial charge in [0.05, 0.1) is 5.92 Å². The van der Waals surface area contributed by atoms with E-state index in [2.05, 4.69) is 18.4 Å². The van der Waals surface area contributed by atoms with E-state index < -0.39 is 0 Å². The van der Waals surface area contributed by atoms with Gasteiger partial charge in [-0.25, -0.2) is 0 Å². The number of hydrogen-bond donors (Lipinski definition) is 0. The second-order valence-corrected chi connectivity index (χ2v) is 3.40. The molecule has 0 radical (unpaired) electrons. The summed E-state index contributed by atoms with van der Waals surface area (Å²) in [7, 11) is 0. The van der Waals surface area contributed by atoms with Crippen molar-refractivity contribution in [3.63, 3.8) is 0 Å². The van der Waals surface area contributed by atoms with Crippen molar-refractivity contribution >= 4 is 12.1 Å². The van der Waals surface area contributed by atoms with Gasteiger partial charge in [0, 0.05) is 5.92 Å². The maximum atomic E-state index is 11.3. The Morgan fingerprint density at radius 3 is 3.00 bits per heavy atom. The minimum Gasteiger partial charge on any atom is -0.303 e. The van der Waals surface area contributed by atoms with E-state index in [4.69, 9.17) is 0 Å². The Kier molecular flexibility index (Phi) is 3.41. The Balaban J connectivity index is 2.77. The van der Waals surface area contributed by atoms with Gasteiger partial charge >= 0.3 is 0 Å². The van der Waals surface area contributed by atoms with Gasteiger partial charge in [0.2, 0.25) is 0 Å². The molecule has 0 aromatic rings. The predicted octanol–water partition coefficient (Wildman–Crippen LogP) is 1.53. The van der Waals surface area contributed by atoms with Crippen molar-refractivity contribution < 1.29 is 9.59 Å². The lowest BCUT2D eigenvalue weighted by atomic mass is 9.87. The molecule has 0 amide bonds. The minimum atomic E-state index is -0.341. The molecule has 2 heteroatoms. The standard InChI is InChI=1S/C12H12O2/c1-9(2)3-5-11-7-10(8-13)4-6-12(11)14/h4,6,8,10-11H,1,7H2,2H3. The lowest BCUT2D eigenvalue weighted by Gasteiger charge is -2.14. The van der Waals surface area contributed by atoms with E-state index in [0.29, 0.717) is 6.42 Å². The molecule has 0 aromatic heterocycles. The van der Waals surface area contributed by atoms with Crippen LogP contribution in [-0.4, -0.2) is 12.1 Å². The first kappa shape index (κ1) is 10.5. The zero-order valence-corrected chi connectivity index (χ0v) is 8.12.